The van der Waals surface area contributed by atoms with Gasteiger partial charge in [-0.05, 0) is 80.8 Å². The number of alkyl carbamates (subject to hydrolysis) is 1. The summed E-state index contributed by atoms with van der Waals surface area (Å²) >= 11 is 0. The number of hydrogen-bond donors (Lipinski definition) is 3. The number of carbonyl (C=O) groups excluding carboxylic acids is 2. The normalized spacial score (nSPS) is 18.1. The van der Waals surface area contributed by atoms with E-state index in [0.29, 0.717) is 44.8 Å². The number of carbonyl (C=O) groups is 2. The van der Waals surface area contributed by atoms with E-state index in [1.54, 1.807) is 5.48 Å². The summed E-state index contributed by atoms with van der Waals surface area (Å²) in [5.74, 6) is -0.0163. The fourth-order valence-corrected chi connectivity index (χ4v) is 7.88. The molecule has 2 heterocycles. The zero-order valence-corrected chi connectivity index (χ0v) is 26.2. The van der Waals surface area contributed by atoms with Gasteiger partial charge in [-0.15, -0.1) is 0 Å². The predicted molar refractivity (Wildman–Crippen MR) is 162 cm³/mol. The molecule has 2 aromatic rings. The van der Waals surface area contributed by atoms with Crippen molar-refractivity contribution >= 4 is 22.0 Å². The van der Waals surface area contributed by atoms with Crippen LogP contribution in [0.4, 0.5) is 4.79 Å². The average Bonchev–Trinajstić information content (AvgIpc) is 2.98. The zero-order valence-electron chi connectivity index (χ0n) is 25.4. The van der Waals surface area contributed by atoms with Crippen molar-refractivity contribution in [3.05, 3.63) is 53.6 Å². The molecule has 2 aliphatic heterocycles. The molecule has 3 N–H and O–H groups in total. The van der Waals surface area contributed by atoms with Crippen LogP contribution in [-0.2, 0) is 24.3 Å². The SMILES string of the molecule is Cc1cc(C2CCN(S(=O)(=O)C3(C(=O)NO)CCOCC3)CC2)ccc1-c1cccc(OCCNC(=O)OC(C)(C)C)c1. The van der Waals surface area contributed by atoms with E-state index in [4.69, 9.17) is 14.2 Å². The lowest BCUT2D eigenvalue weighted by Gasteiger charge is -2.40. The minimum atomic E-state index is -4.00. The Morgan fingerprint density at radius 3 is 2.42 bits per heavy atom. The molecule has 2 fully saturated rings. The van der Waals surface area contributed by atoms with E-state index in [1.807, 2.05) is 45.0 Å². The van der Waals surface area contributed by atoms with Crippen LogP contribution >= 0.6 is 0 Å². The van der Waals surface area contributed by atoms with Crippen LogP contribution in [0.2, 0.25) is 0 Å². The van der Waals surface area contributed by atoms with Crippen LogP contribution in [0.1, 0.15) is 63.5 Å². The quantitative estimate of drug-likeness (QED) is 0.217. The predicted octanol–water partition coefficient (Wildman–Crippen LogP) is 4.13. The van der Waals surface area contributed by atoms with Gasteiger partial charge in [0.15, 0.2) is 4.75 Å². The molecule has 2 amide bonds. The van der Waals surface area contributed by atoms with Crippen LogP contribution in [0.5, 0.6) is 5.75 Å². The van der Waals surface area contributed by atoms with Gasteiger partial charge in [0, 0.05) is 39.1 Å². The second-order valence-corrected chi connectivity index (χ2v) is 14.4. The molecule has 0 aliphatic carbocycles. The standard InChI is InChI=1S/C31H43N3O8S/c1-22-20-24(23-10-15-34(16-11-23)43(38,39)31(28(35)33-37)12-17-40-18-13-31)8-9-27(22)25-6-5-7-26(21-25)41-19-14-32-29(36)42-30(2,3)4/h5-9,20-21,23,37H,10-19H2,1-4H3,(H,32,36)(H,33,35). The van der Waals surface area contributed by atoms with Crippen LogP contribution in [0.3, 0.4) is 0 Å². The van der Waals surface area contributed by atoms with Crippen LogP contribution in [-0.4, -0.2) is 79.7 Å². The van der Waals surface area contributed by atoms with Crippen molar-refractivity contribution in [2.75, 3.05) is 39.5 Å². The van der Waals surface area contributed by atoms with E-state index >= 15 is 0 Å². The molecule has 0 radical (unpaired) electrons. The topological polar surface area (TPSA) is 144 Å². The van der Waals surface area contributed by atoms with Crippen LogP contribution in [0.25, 0.3) is 11.1 Å². The van der Waals surface area contributed by atoms with Crippen LogP contribution < -0.4 is 15.5 Å². The minimum absolute atomic E-state index is 0.0114. The summed E-state index contributed by atoms with van der Waals surface area (Å²) in [6, 6.07) is 14.1. The third-order valence-corrected chi connectivity index (χ3v) is 10.6. The van der Waals surface area contributed by atoms with Gasteiger partial charge >= 0.3 is 6.09 Å². The van der Waals surface area contributed by atoms with Crippen molar-refractivity contribution in [1.82, 2.24) is 15.1 Å². The van der Waals surface area contributed by atoms with Crippen molar-refractivity contribution in [2.24, 2.45) is 0 Å². The fourth-order valence-electron chi connectivity index (χ4n) is 5.74. The largest absolute Gasteiger partial charge is 0.492 e. The molecular formula is C31H43N3O8S. The molecule has 2 aromatic carbocycles. The number of amides is 2. The monoisotopic (exact) mass is 617 g/mol. The molecule has 0 bridgehead atoms. The maximum absolute atomic E-state index is 13.6. The van der Waals surface area contributed by atoms with Gasteiger partial charge in [-0.3, -0.25) is 10.0 Å². The summed E-state index contributed by atoms with van der Waals surface area (Å²) in [7, 11) is -4.00. The fraction of sp³-hybridized carbons (Fsp3) is 0.548. The van der Waals surface area contributed by atoms with Gasteiger partial charge < -0.3 is 19.5 Å². The molecule has 12 heteroatoms. The Morgan fingerprint density at radius 2 is 1.79 bits per heavy atom. The average molecular weight is 618 g/mol. The number of ether oxygens (including phenoxy) is 3. The third kappa shape index (κ3) is 7.67. The first kappa shape index (κ1) is 32.7. The van der Waals surface area contributed by atoms with Gasteiger partial charge in [-0.25, -0.2) is 23.0 Å². The van der Waals surface area contributed by atoms with Gasteiger partial charge in [0.05, 0.1) is 6.54 Å². The summed E-state index contributed by atoms with van der Waals surface area (Å²) in [6.07, 6.45) is 0.803. The Balaban J connectivity index is 1.36. The highest BCUT2D eigenvalue weighted by molar-refractivity contribution is 7.91. The molecule has 43 heavy (non-hydrogen) atoms. The molecule has 0 atom stereocenters. The Hall–Kier alpha value is -3.19. The maximum atomic E-state index is 13.6. The first-order chi connectivity index (χ1) is 20.4. The smallest absolute Gasteiger partial charge is 0.407 e. The third-order valence-electron chi connectivity index (χ3n) is 8.01. The number of nitrogens with one attached hydrogen (secondary N) is 2. The summed E-state index contributed by atoms with van der Waals surface area (Å²) in [4.78, 5) is 24.4. The molecular weight excluding hydrogens is 574 g/mol. The minimum Gasteiger partial charge on any atom is -0.492 e. The molecule has 2 aliphatic rings. The molecule has 0 saturated carbocycles. The van der Waals surface area contributed by atoms with E-state index in [2.05, 4.69) is 30.4 Å². The van der Waals surface area contributed by atoms with Crippen LogP contribution in [0, 0.1) is 6.92 Å². The summed E-state index contributed by atoms with van der Waals surface area (Å²) < 4.78 is 43.3. The first-order valence-corrected chi connectivity index (χ1v) is 16.1. The number of nitrogens with zero attached hydrogens (tertiary/aromatic N) is 1. The Labute approximate surface area is 253 Å². The molecule has 0 aromatic heterocycles. The van der Waals surface area contributed by atoms with E-state index in [-0.39, 0.29) is 32.0 Å². The highest BCUT2D eigenvalue weighted by Crippen LogP contribution is 2.38. The zero-order chi connectivity index (χ0) is 31.3. The maximum Gasteiger partial charge on any atom is 0.407 e. The molecule has 236 valence electrons. The summed E-state index contributed by atoms with van der Waals surface area (Å²) in [5.41, 5.74) is 5.34. The van der Waals surface area contributed by atoms with Gasteiger partial charge in [0.1, 0.15) is 18.0 Å². The van der Waals surface area contributed by atoms with E-state index < -0.39 is 32.4 Å². The van der Waals surface area contributed by atoms with E-state index in [0.717, 1.165) is 22.3 Å². The lowest BCUT2D eigenvalue weighted by Crippen LogP contribution is -2.60. The number of hydroxylamine groups is 1. The number of piperidine rings is 1. The number of rotatable bonds is 9. The Morgan fingerprint density at radius 1 is 1.09 bits per heavy atom. The highest BCUT2D eigenvalue weighted by Gasteiger charge is 2.54. The van der Waals surface area contributed by atoms with Crippen molar-refractivity contribution < 1.29 is 37.4 Å². The van der Waals surface area contributed by atoms with E-state index in [9.17, 15) is 23.2 Å². The Kier molecular flexibility index (Phi) is 10.4. The number of benzene rings is 2. The Bertz CT molecular complexity index is 1390. The lowest BCUT2D eigenvalue weighted by molar-refractivity contribution is -0.134. The second-order valence-electron chi connectivity index (χ2n) is 12.1. The number of sulfonamides is 1. The molecule has 11 nitrogen and oxygen atoms in total. The molecule has 4 rings (SSSR count). The summed E-state index contributed by atoms with van der Waals surface area (Å²) in [5, 5.41) is 12.0. The van der Waals surface area contributed by atoms with Gasteiger partial charge in [0.2, 0.25) is 10.0 Å². The van der Waals surface area contributed by atoms with Crippen molar-refractivity contribution in [3.63, 3.8) is 0 Å². The van der Waals surface area contributed by atoms with Crippen molar-refractivity contribution in [2.45, 2.75) is 69.6 Å². The molecule has 0 spiro atoms. The highest BCUT2D eigenvalue weighted by atomic mass is 32.2. The van der Waals surface area contributed by atoms with Crippen molar-refractivity contribution in [3.8, 4) is 16.9 Å². The van der Waals surface area contributed by atoms with Gasteiger partial charge in [0.25, 0.3) is 5.91 Å². The number of hydrogen-bond acceptors (Lipinski definition) is 8. The second kappa shape index (κ2) is 13.6. The molecule has 2 saturated heterocycles. The number of aryl methyl sites for hydroxylation is 1. The summed E-state index contributed by atoms with van der Waals surface area (Å²) in [6.45, 7) is 9.00. The van der Waals surface area contributed by atoms with Crippen molar-refractivity contribution in [1.29, 1.82) is 0 Å². The lowest BCUT2D eigenvalue weighted by atomic mass is 9.87. The van der Waals surface area contributed by atoms with E-state index in [1.165, 1.54) is 4.31 Å². The van der Waals surface area contributed by atoms with Gasteiger partial charge in [-0.2, -0.15) is 0 Å². The van der Waals surface area contributed by atoms with Gasteiger partial charge in [-0.1, -0.05) is 30.3 Å². The first-order valence-electron chi connectivity index (χ1n) is 14.7. The van der Waals surface area contributed by atoms with Crippen LogP contribution in [0.15, 0.2) is 42.5 Å². The molecule has 0 unspecified atom stereocenters.